The second kappa shape index (κ2) is 5.14. The van der Waals surface area contributed by atoms with E-state index < -0.39 is 0 Å². The third kappa shape index (κ3) is 2.45. The molecule has 0 atom stereocenters. The second-order valence-electron chi connectivity index (χ2n) is 4.67. The molecule has 0 saturated heterocycles. The number of hydrogen-bond donors (Lipinski definition) is 1. The topological polar surface area (TPSA) is 29.3 Å². The first kappa shape index (κ1) is 11.8. The molecule has 2 heterocycles. The molecule has 0 aliphatic heterocycles. The number of imidazole rings is 1. The summed E-state index contributed by atoms with van der Waals surface area (Å²) in [6.07, 6.45) is 4.82. The Bertz CT molecular complexity index is 685. The van der Waals surface area contributed by atoms with E-state index in [1.807, 2.05) is 24.5 Å². The maximum absolute atomic E-state index is 4.28. The number of nitrogens with one attached hydrogen (secondary N) is 1. The van der Waals surface area contributed by atoms with Crippen LogP contribution in [0.5, 0.6) is 0 Å². The van der Waals surface area contributed by atoms with Crippen LogP contribution in [0.2, 0.25) is 0 Å². The maximum atomic E-state index is 4.28. The number of rotatable bonds is 4. The zero-order valence-electron chi connectivity index (χ0n) is 11.0. The first-order valence-corrected chi connectivity index (χ1v) is 6.55. The van der Waals surface area contributed by atoms with Crippen molar-refractivity contribution in [2.45, 2.75) is 13.3 Å². The Kier molecular flexibility index (Phi) is 3.19. The van der Waals surface area contributed by atoms with Gasteiger partial charge in [0.1, 0.15) is 11.5 Å². The van der Waals surface area contributed by atoms with E-state index in [4.69, 9.17) is 0 Å². The van der Waals surface area contributed by atoms with E-state index >= 15 is 0 Å². The van der Waals surface area contributed by atoms with Gasteiger partial charge in [-0.25, -0.2) is 4.98 Å². The molecule has 2 aromatic heterocycles. The Morgan fingerprint density at radius 2 is 2.00 bits per heavy atom. The Labute approximate surface area is 112 Å². The number of aryl methyl sites for hydroxylation is 1. The molecule has 1 N–H and O–H groups in total. The summed E-state index contributed by atoms with van der Waals surface area (Å²) in [6, 6.07) is 14.6. The van der Waals surface area contributed by atoms with Crippen molar-refractivity contribution < 1.29 is 0 Å². The lowest BCUT2D eigenvalue weighted by atomic mass is 10.1. The lowest BCUT2D eigenvalue weighted by molar-refractivity contribution is 0.984. The lowest BCUT2D eigenvalue weighted by Gasteiger charge is -2.10. The average Bonchev–Trinajstić information content (AvgIpc) is 2.90. The summed E-state index contributed by atoms with van der Waals surface area (Å²) in [6.45, 7) is 3.08. The van der Waals surface area contributed by atoms with Crippen LogP contribution in [0, 0.1) is 6.92 Å². The molecule has 0 radical (unpaired) electrons. The molecule has 19 heavy (non-hydrogen) atoms. The van der Waals surface area contributed by atoms with Gasteiger partial charge in [-0.3, -0.25) is 4.40 Å². The van der Waals surface area contributed by atoms with Gasteiger partial charge in [-0.05, 0) is 36.6 Å². The summed E-state index contributed by atoms with van der Waals surface area (Å²) in [5, 5.41) is 3.47. The van der Waals surface area contributed by atoms with Crippen molar-refractivity contribution in [2.24, 2.45) is 0 Å². The first-order valence-electron chi connectivity index (χ1n) is 6.55. The van der Waals surface area contributed by atoms with Crippen molar-refractivity contribution in [3.05, 3.63) is 66.0 Å². The van der Waals surface area contributed by atoms with Crippen molar-refractivity contribution in [1.82, 2.24) is 9.38 Å². The van der Waals surface area contributed by atoms with E-state index in [2.05, 4.69) is 52.0 Å². The van der Waals surface area contributed by atoms with Crippen LogP contribution in [0.1, 0.15) is 11.1 Å². The van der Waals surface area contributed by atoms with E-state index in [9.17, 15) is 0 Å². The summed E-state index contributed by atoms with van der Waals surface area (Å²) in [5.74, 6) is 1.09. The fourth-order valence-corrected chi connectivity index (χ4v) is 2.31. The highest BCUT2D eigenvalue weighted by molar-refractivity contribution is 5.49. The fourth-order valence-electron chi connectivity index (χ4n) is 2.31. The van der Waals surface area contributed by atoms with Gasteiger partial charge in [0.2, 0.25) is 0 Å². The van der Waals surface area contributed by atoms with Gasteiger partial charge in [-0.15, -0.1) is 0 Å². The van der Waals surface area contributed by atoms with E-state index in [1.54, 1.807) is 0 Å². The molecule has 1 aromatic carbocycles. The molecule has 0 bridgehead atoms. The number of pyridine rings is 1. The molecule has 3 aromatic rings. The van der Waals surface area contributed by atoms with Gasteiger partial charge in [0.15, 0.2) is 0 Å². The van der Waals surface area contributed by atoms with Gasteiger partial charge < -0.3 is 5.32 Å². The monoisotopic (exact) mass is 251 g/mol. The zero-order valence-corrected chi connectivity index (χ0v) is 11.0. The van der Waals surface area contributed by atoms with Crippen LogP contribution in [0.3, 0.4) is 0 Å². The molecule has 0 aliphatic carbocycles. The highest BCUT2D eigenvalue weighted by atomic mass is 15.1. The second-order valence-corrected chi connectivity index (χ2v) is 4.67. The zero-order chi connectivity index (χ0) is 13.1. The summed E-state index contributed by atoms with van der Waals surface area (Å²) >= 11 is 0. The van der Waals surface area contributed by atoms with Crippen molar-refractivity contribution in [3.63, 3.8) is 0 Å². The SMILES string of the molecule is Cc1ccccc1CCNc1cccc2nccn12. The van der Waals surface area contributed by atoms with E-state index in [1.165, 1.54) is 11.1 Å². The highest BCUT2D eigenvalue weighted by Crippen LogP contribution is 2.12. The number of hydrogen-bond acceptors (Lipinski definition) is 2. The molecule has 0 aliphatic rings. The minimum absolute atomic E-state index is 0.919. The predicted molar refractivity (Wildman–Crippen MR) is 78.6 cm³/mol. The number of nitrogens with zero attached hydrogens (tertiary/aromatic N) is 2. The minimum Gasteiger partial charge on any atom is -0.371 e. The van der Waals surface area contributed by atoms with Crippen LogP contribution in [0.4, 0.5) is 5.82 Å². The van der Waals surface area contributed by atoms with Crippen LogP contribution < -0.4 is 5.32 Å². The third-order valence-electron chi connectivity index (χ3n) is 3.39. The Balaban J connectivity index is 1.70. The first-order chi connectivity index (χ1) is 9.34. The Hall–Kier alpha value is -2.29. The molecule has 3 nitrogen and oxygen atoms in total. The summed E-state index contributed by atoms with van der Waals surface area (Å²) < 4.78 is 2.07. The number of anilines is 1. The van der Waals surface area contributed by atoms with E-state index in [0.717, 1.165) is 24.4 Å². The lowest BCUT2D eigenvalue weighted by Crippen LogP contribution is -2.08. The van der Waals surface area contributed by atoms with Gasteiger partial charge >= 0.3 is 0 Å². The fraction of sp³-hybridized carbons (Fsp3) is 0.188. The maximum Gasteiger partial charge on any atom is 0.138 e. The summed E-state index contributed by atoms with van der Waals surface area (Å²) in [4.78, 5) is 4.28. The average molecular weight is 251 g/mol. The Morgan fingerprint density at radius 3 is 2.89 bits per heavy atom. The van der Waals surface area contributed by atoms with Crippen molar-refractivity contribution in [3.8, 4) is 0 Å². The van der Waals surface area contributed by atoms with Crippen LogP contribution in [-0.4, -0.2) is 15.9 Å². The molecular formula is C16H17N3. The van der Waals surface area contributed by atoms with E-state index in [0.29, 0.717) is 0 Å². The molecule has 96 valence electrons. The van der Waals surface area contributed by atoms with Crippen LogP contribution in [-0.2, 0) is 6.42 Å². The largest absolute Gasteiger partial charge is 0.371 e. The quantitative estimate of drug-likeness (QED) is 0.771. The van der Waals surface area contributed by atoms with Gasteiger partial charge in [0.25, 0.3) is 0 Å². The van der Waals surface area contributed by atoms with Crippen molar-refractivity contribution in [2.75, 3.05) is 11.9 Å². The smallest absolute Gasteiger partial charge is 0.138 e. The standard InChI is InChI=1S/C16H17N3/c1-13-5-2-3-6-14(13)9-10-17-15-7-4-8-16-18-11-12-19(15)16/h2-8,11-12,17H,9-10H2,1H3. The summed E-state index contributed by atoms with van der Waals surface area (Å²) in [7, 11) is 0. The number of aromatic nitrogens is 2. The number of benzene rings is 1. The van der Waals surface area contributed by atoms with Crippen molar-refractivity contribution >= 4 is 11.5 Å². The molecule has 3 rings (SSSR count). The Morgan fingerprint density at radius 1 is 1.11 bits per heavy atom. The van der Waals surface area contributed by atoms with Gasteiger partial charge in [0.05, 0.1) is 0 Å². The molecule has 0 amide bonds. The van der Waals surface area contributed by atoms with Gasteiger partial charge in [0, 0.05) is 18.9 Å². The highest BCUT2D eigenvalue weighted by Gasteiger charge is 2.00. The minimum atomic E-state index is 0.919. The molecular weight excluding hydrogens is 234 g/mol. The number of fused-ring (bicyclic) bond motifs is 1. The molecule has 0 unspecified atom stereocenters. The van der Waals surface area contributed by atoms with Gasteiger partial charge in [-0.1, -0.05) is 30.3 Å². The van der Waals surface area contributed by atoms with Crippen LogP contribution >= 0.6 is 0 Å². The molecule has 3 heteroatoms. The van der Waals surface area contributed by atoms with Crippen molar-refractivity contribution in [1.29, 1.82) is 0 Å². The normalized spacial score (nSPS) is 10.8. The third-order valence-corrected chi connectivity index (χ3v) is 3.39. The molecule has 0 fully saturated rings. The predicted octanol–water partition coefficient (Wildman–Crippen LogP) is 3.30. The van der Waals surface area contributed by atoms with Crippen LogP contribution in [0.25, 0.3) is 5.65 Å². The van der Waals surface area contributed by atoms with E-state index in [-0.39, 0.29) is 0 Å². The molecule has 0 spiro atoms. The van der Waals surface area contributed by atoms with Crippen LogP contribution in [0.15, 0.2) is 54.9 Å². The summed E-state index contributed by atoms with van der Waals surface area (Å²) in [5.41, 5.74) is 3.72. The van der Waals surface area contributed by atoms with Gasteiger partial charge in [-0.2, -0.15) is 0 Å². The molecule has 0 saturated carbocycles.